The molecule has 1 atom stereocenters. The van der Waals surface area contributed by atoms with E-state index >= 15 is 0 Å². The number of amides is 2. The Bertz CT molecular complexity index is 1260. The quantitative estimate of drug-likeness (QED) is 0.277. The summed E-state index contributed by atoms with van der Waals surface area (Å²) >= 11 is 13.7. The monoisotopic (exact) mass is 531 g/mol. The number of halogens is 2. The zero-order chi connectivity index (χ0) is 25.1. The Hall–Kier alpha value is -2.94. The molecular formula is C25H23Cl2N3O4S. The molecular weight excluding hydrogens is 509 g/mol. The molecule has 35 heavy (non-hydrogen) atoms. The van der Waals surface area contributed by atoms with Gasteiger partial charge in [0.1, 0.15) is 11.6 Å². The summed E-state index contributed by atoms with van der Waals surface area (Å²) in [5, 5.41) is 13.9. The topological polar surface area (TPSA) is 83.8 Å². The highest BCUT2D eigenvalue weighted by Crippen LogP contribution is 2.38. The van der Waals surface area contributed by atoms with Gasteiger partial charge in [-0.15, -0.1) is 11.3 Å². The van der Waals surface area contributed by atoms with Crippen LogP contribution in [0, 0.1) is 10.1 Å². The van der Waals surface area contributed by atoms with E-state index in [1.807, 2.05) is 30.5 Å². The summed E-state index contributed by atoms with van der Waals surface area (Å²) in [7, 11) is 0. The Morgan fingerprint density at radius 2 is 1.91 bits per heavy atom. The Kier molecular flexibility index (Phi) is 7.74. The first-order valence-corrected chi connectivity index (χ1v) is 12.8. The van der Waals surface area contributed by atoms with Crippen molar-refractivity contribution in [1.82, 2.24) is 9.80 Å². The van der Waals surface area contributed by atoms with Crippen molar-refractivity contribution in [3.8, 4) is 0 Å². The Morgan fingerprint density at radius 3 is 2.60 bits per heavy atom. The fraction of sp³-hybridized carbons (Fsp3) is 0.280. The van der Waals surface area contributed by atoms with E-state index in [1.165, 1.54) is 21.9 Å². The summed E-state index contributed by atoms with van der Waals surface area (Å²) in [6.45, 7) is 2.64. The van der Waals surface area contributed by atoms with Crippen LogP contribution in [0.4, 0.5) is 5.69 Å². The van der Waals surface area contributed by atoms with Crippen molar-refractivity contribution >= 4 is 52.0 Å². The van der Waals surface area contributed by atoms with Crippen LogP contribution in [0.15, 0.2) is 53.9 Å². The number of benzene rings is 2. The number of nitro benzene ring substituents is 1. The lowest BCUT2D eigenvalue weighted by atomic mass is 9.93. The van der Waals surface area contributed by atoms with Gasteiger partial charge in [-0.2, -0.15) is 0 Å². The van der Waals surface area contributed by atoms with Crippen LogP contribution in [-0.4, -0.2) is 46.2 Å². The molecule has 2 heterocycles. The van der Waals surface area contributed by atoms with Crippen molar-refractivity contribution in [3.05, 3.63) is 95.6 Å². The van der Waals surface area contributed by atoms with Gasteiger partial charge in [-0.25, -0.2) is 0 Å². The van der Waals surface area contributed by atoms with Gasteiger partial charge in [-0.1, -0.05) is 42.3 Å². The van der Waals surface area contributed by atoms with E-state index in [9.17, 15) is 19.7 Å². The van der Waals surface area contributed by atoms with E-state index < -0.39 is 10.8 Å². The Morgan fingerprint density at radius 1 is 1.17 bits per heavy atom. The molecule has 0 aliphatic carbocycles. The molecule has 0 saturated carbocycles. The van der Waals surface area contributed by atoms with Gasteiger partial charge in [0.05, 0.1) is 11.0 Å². The first kappa shape index (κ1) is 25.2. The maximum absolute atomic E-state index is 13.6. The van der Waals surface area contributed by atoms with Gasteiger partial charge >= 0.3 is 0 Å². The van der Waals surface area contributed by atoms with E-state index in [-0.39, 0.29) is 34.8 Å². The molecule has 0 unspecified atom stereocenters. The summed E-state index contributed by atoms with van der Waals surface area (Å²) < 4.78 is 0. The largest absolute Gasteiger partial charge is 0.330 e. The summed E-state index contributed by atoms with van der Waals surface area (Å²) in [4.78, 5) is 42.0. The number of hydrogen-bond donors (Lipinski definition) is 0. The molecule has 10 heteroatoms. The van der Waals surface area contributed by atoms with Crippen LogP contribution < -0.4 is 0 Å². The summed E-state index contributed by atoms with van der Waals surface area (Å²) in [5.41, 5.74) is 1.81. The number of nitrogens with zero attached hydrogens (tertiary/aromatic N) is 3. The molecule has 1 aromatic heterocycles. The zero-order valence-electron chi connectivity index (χ0n) is 18.9. The predicted molar refractivity (Wildman–Crippen MR) is 137 cm³/mol. The molecule has 2 aromatic carbocycles. The number of carbonyl (C=O) groups excluding carboxylic acids is 2. The van der Waals surface area contributed by atoms with Crippen molar-refractivity contribution in [2.24, 2.45) is 0 Å². The Balaban J connectivity index is 1.61. The number of nitro groups is 1. The zero-order valence-corrected chi connectivity index (χ0v) is 21.3. The lowest BCUT2D eigenvalue weighted by molar-refractivity contribution is -0.384. The van der Waals surface area contributed by atoms with Crippen LogP contribution in [0.3, 0.4) is 0 Å². The third kappa shape index (κ3) is 5.34. The number of carbonyl (C=O) groups is 2. The molecule has 1 aliphatic heterocycles. The van der Waals surface area contributed by atoms with E-state index in [1.54, 1.807) is 28.4 Å². The smallest absolute Gasteiger partial charge is 0.288 e. The highest BCUT2D eigenvalue weighted by molar-refractivity contribution is 7.10. The van der Waals surface area contributed by atoms with Crippen LogP contribution in [0.25, 0.3) is 0 Å². The lowest BCUT2D eigenvalue weighted by Gasteiger charge is -2.37. The second-order valence-electron chi connectivity index (χ2n) is 8.24. The molecule has 3 aromatic rings. The number of fused-ring (bicyclic) bond motifs is 1. The molecule has 0 saturated heterocycles. The summed E-state index contributed by atoms with van der Waals surface area (Å²) in [6, 6.07) is 13.2. The maximum atomic E-state index is 13.6. The summed E-state index contributed by atoms with van der Waals surface area (Å²) in [5.74, 6) is -0.636. The second kappa shape index (κ2) is 10.8. The molecule has 7 nitrogen and oxygen atoms in total. The molecule has 0 spiro atoms. The minimum Gasteiger partial charge on any atom is -0.330 e. The maximum Gasteiger partial charge on any atom is 0.288 e. The van der Waals surface area contributed by atoms with Crippen LogP contribution in [0.2, 0.25) is 10.0 Å². The number of thiophene rings is 1. The lowest BCUT2D eigenvalue weighted by Crippen LogP contribution is -2.47. The van der Waals surface area contributed by atoms with Crippen LogP contribution >= 0.6 is 34.5 Å². The van der Waals surface area contributed by atoms with E-state index in [2.05, 4.69) is 0 Å². The van der Waals surface area contributed by atoms with Crippen molar-refractivity contribution in [1.29, 1.82) is 0 Å². The van der Waals surface area contributed by atoms with Gasteiger partial charge in [-0.05, 0) is 59.7 Å². The van der Waals surface area contributed by atoms with E-state index in [0.717, 1.165) is 23.6 Å². The molecule has 0 radical (unpaired) electrons. The van der Waals surface area contributed by atoms with E-state index in [0.29, 0.717) is 24.5 Å². The molecule has 0 N–H and O–H groups in total. The van der Waals surface area contributed by atoms with Gasteiger partial charge in [0, 0.05) is 34.6 Å². The van der Waals surface area contributed by atoms with Crippen LogP contribution in [-0.2, 0) is 11.2 Å². The molecule has 2 amide bonds. The molecule has 1 aliphatic rings. The average Bonchev–Trinajstić information content (AvgIpc) is 3.32. The first-order chi connectivity index (χ1) is 16.8. The molecule has 0 fully saturated rings. The van der Waals surface area contributed by atoms with Crippen molar-refractivity contribution in [2.75, 3.05) is 19.6 Å². The standard InChI is InChI=1S/C25H23Cl2N3O4S/c1-2-11-28(25(32)17-5-8-20(27)21(14-17)30(33)34)15-23(31)29-12-9-22-19(10-13-35-22)24(29)16-3-6-18(26)7-4-16/h3-8,10,13-14,24H,2,9,11-12,15H2,1H3/t24-/m1/s1. The van der Waals surface area contributed by atoms with Gasteiger partial charge in [0.2, 0.25) is 5.91 Å². The van der Waals surface area contributed by atoms with Gasteiger partial charge in [0.15, 0.2) is 0 Å². The third-order valence-corrected chi connectivity index (χ3v) is 7.54. The average molecular weight is 532 g/mol. The van der Waals surface area contributed by atoms with Gasteiger partial charge in [-0.3, -0.25) is 19.7 Å². The van der Waals surface area contributed by atoms with Crippen molar-refractivity contribution in [3.63, 3.8) is 0 Å². The van der Waals surface area contributed by atoms with Crippen LogP contribution in [0.1, 0.15) is 45.7 Å². The number of rotatable bonds is 7. The Labute approximate surface area is 217 Å². The minimum absolute atomic E-state index is 0.0460. The van der Waals surface area contributed by atoms with Gasteiger partial charge < -0.3 is 9.80 Å². The minimum atomic E-state index is -0.628. The highest BCUT2D eigenvalue weighted by Gasteiger charge is 2.34. The van der Waals surface area contributed by atoms with Crippen molar-refractivity contribution in [2.45, 2.75) is 25.8 Å². The summed E-state index contributed by atoms with van der Waals surface area (Å²) in [6.07, 6.45) is 1.37. The molecule has 0 bridgehead atoms. The first-order valence-electron chi connectivity index (χ1n) is 11.1. The predicted octanol–water partition coefficient (Wildman–Crippen LogP) is 5.99. The second-order valence-corrected chi connectivity index (χ2v) is 10.1. The highest BCUT2D eigenvalue weighted by atomic mass is 35.5. The SMILES string of the molecule is CCCN(CC(=O)N1CCc2sccc2[C@H]1c1ccc(Cl)cc1)C(=O)c1ccc(Cl)c([N+](=O)[O-])c1. The third-order valence-electron chi connectivity index (χ3n) is 5.97. The number of hydrogen-bond acceptors (Lipinski definition) is 5. The molecule has 182 valence electrons. The van der Waals surface area contributed by atoms with Crippen LogP contribution in [0.5, 0.6) is 0 Å². The fourth-order valence-electron chi connectivity index (χ4n) is 4.33. The fourth-order valence-corrected chi connectivity index (χ4v) is 5.55. The van der Waals surface area contributed by atoms with E-state index in [4.69, 9.17) is 23.2 Å². The van der Waals surface area contributed by atoms with Gasteiger partial charge in [0.25, 0.3) is 11.6 Å². The normalized spacial score (nSPS) is 14.9. The van der Waals surface area contributed by atoms with Crippen molar-refractivity contribution < 1.29 is 14.5 Å². The molecule has 4 rings (SSSR count).